The van der Waals surface area contributed by atoms with Crippen molar-refractivity contribution in [3.05, 3.63) is 24.8 Å². The van der Waals surface area contributed by atoms with E-state index < -0.39 is 17.8 Å². The maximum Gasteiger partial charge on any atom is 0.225 e. The van der Waals surface area contributed by atoms with Crippen LogP contribution < -0.4 is 10.6 Å². The molecule has 3 aliphatic heterocycles. The van der Waals surface area contributed by atoms with Gasteiger partial charge in [0, 0.05) is 32.4 Å². The van der Waals surface area contributed by atoms with E-state index in [9.17, 15) is 19.5 Å². The van der Waals surface area contributed by atoms with E-state index in [2.05, 4.69) is 17.2 Å². The summed E-state index contributed by atoms with van der Waals surface area (Å²) in [6.07, 6.45) is 16.1. The summed E-state index contributed by atoms with van der Waals surface area (Å²) in [4.78, 5) is 37.2. The molecule has 0 aliphatic carbocycles. The van der Waals surface area contributed by atoms with E-state index in [1.54, 1.807) is 19.1 Å². The molecule has 244 valence electrons. The summed E-state index contributed by atoms with van der Waals surface area (Å²) in [5, 5.41) is 16.3. The molecular weight excluding hydrogens is 548 g/mol. The molecule has 2 amide bonds. The molecule has 3 rings (SSSR count). The van der Waals surface area contributed by atoms with Crippen LogP contribution in [0.4, 0.5) is 0 Å². The predicted molar refractivity (Wildman–Crippen MR) is 166 cm³/mol. The Bertz CT molecular complexity index is 936. The number of nitrogens with one attached hydrogen (secondary N) is 2. The minimum absolute atomic E-state index is 0.0104. The summed E-state index contributed by atoms with van der Waals surface area (Å²) in [5.74, 6) is -1.35. The topological polar surface area (TPSA) is 123 Å². The molecule has 43 heavy (non-hydrogen) atoms. The summed E-state index contributed by atoms with van der Waals surface area (Å²) >= 11 is 0. The quantitative estimate of drug-likeness (QED) is 0.130. The van der Waals surface area contributed by atoms with Gasteiger partial charge in [0.15, 0.2) is 11.6 Å². The van der Waals surface area contributed by atoms with E-state index in [-0.39, 0.29) is 60.9 Å². The van der Waals surface area contributed by atoms with Crippen LogP contribution in [0.15, 0.2) is 24.8 Å². The highest BCUT2D eigenvalue weighted by atomic mass is 16.7. The first-order valence-corrected chi connectivity index (χ1v) is 16.6. The molecule has 2 unspecified atom stereocenters. The van der Waals surface area contributed by atoms with Crippen LogP contribution in [0.3, 0.4) is 0 Å². The smallest absolute Gasteiger partial charge is 0.225 e. The Hall–Kier alpha value is -2.07. The van der Waals surface area contributed by atoms with Gasteiger partial charge in [0.2, 0.25) is 11.8 Å². The van der Waals surface area contributed by atoms with Gasteiger partial charge in [0.05, 0.1) is 42.9 Å². The highest BCUT2D eigenvalue weighted by molar-refractivity contribution is 5.89. The summed E-state index contributed by atoms with van der Waals surface area (Å²) in [6, 6.07) is 0. The number of allylic oxidation sites excluding steroid dienone is 3. The van der Waals surface area contributed by atoms with Gasteiger partial charge in [-0.1, -0.05) is 26.0 Å². The molecular formula is C34H56N2O7. The largest absolute Gasteiger partial charge is 0.390 e. The highest BCUT2D eigenvalue weighted by Crippen LogP contribution is 2.41. The van der Waals surface area contributed by atoms with Gasteiger partial charge >= 0.3 is 0 Å². The lowest BCUT2D eigenvalue weighted by Crippen LogP contribution is -2.48. The lowest BCUT2D eigenvalue weighted by molar-refractivity contribution is -0.315. The van der Waals surface area contributed by atoms with E-state index in [4.69, 9.17) is 14.2 Å². The van der Waals surface area contributed by atoms with Crippen molar-refractivity contribution in [2.45, 2.75) is 147 Å². The zero-order valence-corrected chi connectivity index (χ0v) is 26.7. The molecule has 0 aromatic carbocycles. The Morgan fingerprint density at radius 1 is 1.00 bits per heavy atom. The van der Waals surface area contributed by atoms with Crippen molar-refractivity contribution in [3.8, 4) is 0 Å². The molecule has 3 heterocycles. The number of carbonyl (C=O) groups is 3. The molecule has 0 aromatic heterocycles. The molecule has 0 radical (unpaired) electrons. The first-order valence-electron chi connectivity index (χ1n) is 16.6. The molecule has 9 heteroatoms. The molecule has 3 aliphatic rings. The van der Waals surface area contributed by atoms with E-state index in [1.807, 2.05) is 19.9 Å². The molecule has 3 saturated heterocycles. The average molecular weight is 605 g/mol. The molecule has 0 aromatic rings. The number of rotatable bonds is 16. The first-order chi connectivity index (χ1) is 20.6. The zero-order valence-electron chi connectivity index (χ0n) is 26.7. The van der Waals surface area contributed by atoms with Crippen molar-refractivity contribution >= 4 is 17.6 Å². The summed E-state index contributed by atoms with van der Waals surface area (Å²) in [5.41, 5.74) is 0. The Labute approximate surface area is 258 Å². The summed E-state index contributed by atoms with van der Waals surface area (Å²) < 4.78 is 19.0. The van der Waals surface area contributed by atoms with E-state index in [0.717, 1.165) is 77.0 Å². The number of ketones is 1. The van der Waals surface area contributed by atoms with E-state index in [1.165, 1.54) is 0 Å². The van der Waals surface area contributed by atoms with Gasteiger partial charge < -0.3 is 30.0 Å². The fourth-order valence-corrected chi connectivity index (χ4v) is 6.51. The molecule has 3 fully saturated rings. The Morgan fingerprint density at radius 3 is 2.37 bits per heavy atom. The van der Waals surface area contributed by atoms with Crippen LogP contribution in [-0.2, 0) is 28.6 Å². The van der Waals surface area contributed by atoms with Crippen LogP contribution in [0.2, 0.25) is 0 Å². The summed E-state index contributed by atoms with van der Waals surface area (Å²) in [6.45, 7) is 9.85. The third-order valence-electron chi connectivity index (χ3n) is 9.24. The molecule has 8 atom stereocenters. The van der Waals surface area contributed by atoms with Crippen LogP contribution in [0.1, 0.15) is 111 Å². The number of aliphatic hydroxyl groups excluding tert-OH is 1. The third kappa shape index (κ3) is 11.7. The number of ether oxygens (including phenoxy) is 3. The fourth-order valence-electron chi connectivity index (χ4n) is 6.51. The maximum atomic E-state index is 12.7. The van der Waals surface area contributed by atoms with Gasteiger partial charge in [-0.05, 0) is 83.1 Å². The molecule has 3 N–H and O–H groups in total. The lowest BCUT2D eigenvalue weighted by atomic mass is 9.89. The van der Waals surface area contributed by atoms with Gasteiger partial charge in [0.25, 0.3) is 0 Å². The SMILES string of the molecule is C=CCC[C@@H]1CCC[C@]2(CCC[C@@H](CCCNC(=O)[C@@H](C)[C@@H](O)CNC(=O)CC3O[C@H](CC(=O)C=CC)CCC3C)O2)O1. The minimum atomic E-state index is -1.00. The Morgan fingerprint density at radius 2 is 1.70 bits per heavy atom. The first kappa shape index (κ1) is 35.4. The van der Waals surface area contributed by atoms with Gasteiger partial charge in [-0.2, -0.15) is 0 Å². The van der Waals surface area contributed by atoms with Gasteiger partial charge in [-0.15, -0.1) is 6.58 Å². The van der Waals surface area contributed by atoms with Crippen molar-refractivity contribution in [1.82, 2.24) is 10.6 Å². The van der Waals surface area contributed by atoms with Gasteiger partial charge in [0.1, 0.15) is 0 Å². The van der Waals surface area contributed by atoms with E-state index in [0.29, 0.717) is 13.0 Å². The number of carbonyl (C=O) groups excluding carboxylic acids is 3. The highest BCUT2D eigenvalue weighted by Gasteiger charge is 2.42. The van der Waals surface area contributed by atoms with Crippen LogP contribution in [0, 0.1) is 11.8 Å². The van der Waals surface area contributed by atoms with E-state index >= 15 is 0 Å². The third-order valence-corrected chi connectivity index (χ3v) is 9.24. The number of aliphatic hydroxyl groups is 1. The van der Waals surface area contributed by atoms with Crippen LogP contribution >= 0.6 is 0 Å². The van der Waals surface area contributed by atoms with Crippen LogP contribution in [0.5, 0.6) is 0 Å². The Kier molecular flexibility index (Phi) is 14.8. The molecule has 0 saturated carbocycles. The molecule has 0 bridgehead atoms. The fraction of sp³-hybridized carbons (Fsp3) is 0.794. The van der Waals surface area contributed by atoms with Crippen molar-refractivity contribution < 1.29 is 33.7 Å². The second kappa shape index (κ2) is 18.0. The predicted octanol–water partition coefficient (Wildman–Crippen LogP) is 4.91. The number of hydrogen-bond acceptors (Lipinski definition) is 7. The Balaban J connectivity index is 1.32. The van der Waals surface area contributed by atoms with Gasteiger partial charge in [-0.25, -0.2) is 0 Å². The number of amides is 2. The van der Waals surface area contributed by atoms with Crippen molar-refractivity contribution in [3.63, 3.8) is 0 Å². The monoisotopic (exact) mass is 604 g/mol. The van der Waals surface area contributed by atoms with Crippen molar-refractivity contribution in [2.24, 2.45) is 11.8 Å². The van der Waals surface area contributed by atoms with Crippen LogP contribution in [0.25, 0.3) is 0 Å². The lowest BCUT2D eigenvalue weighted by Gasteiger charge is -2.46. The normalized spacial score (nSPS) is 30.9. The van der Waals surface area contributed by atoms with Gasteiger partial charge in [-0.3, -0.25) is 14.4 Å². The second-order valence-electron chi connectivity index (χ2n) is 12.9. The maximum absolute atomic E-state index is 12.7. The van der Waals surface area contributed by atoms with Crippen molar-refractivity contribution in [1.29, 1.82) is 0 Å². The molecule has 9 nitrogen and oxygen atoms in total. The zero-order chi connectivity index (χ0) is 31.2. The number of hydrogen-bond donors (Lipinski definition) is 3. The van der Waals surface area contributed by atoms with Crippen LogP contribution in [-0.4, -0.2) is 72.1 Å². The standard InChI is InChI=1S/C34H56N2O7/c1-5-7-12-27-13-8-18-34(42-27)19-9-14-28(43-34)15-10-20-35-33(40)25(4)30(38)23-36-32(39)22-31-24(3)16-17-29(41-31)21-26(37)11-6-2/h5-6,11,24-25,27-31,38H,1,7-10,12-23H2,2-4H3,(H,35,40)(H,36,39)/t24?,25-,27+,28-,29-,30-,31?,34-/m0/s1. The average Bonchev–Trinajstić information content (AvgIpc) is 2.98. The van der Waals surface area contributed by atoms with Crippen molar-refractivity contribution in [2.75, 3.05) is 13.1 Å². The second-order valence-corrected chi connectivity index (χ2v) is 12.9. The minimum Gasteiger partial charge on any atom is -0.390 e. The summed E-state index contributed by atoms with van der Waals surface area (Å²) in [7, 11) is 0. The molecule has 1 spiro atoms.